The number of hydrogen-bond donors (Lipinski definition) is 6. The standard InChI is InChI=1S/C18H26N8O6/c19-14-22-13-9(7-25-11(27)3-4-12(25)28)21-15(20)26-8-10(18(30,31)17(13,26)23-14)32-16(29)24-5-1-2-6-24/h9-10,13,30-31H,1-8H2,(H2,20,21)(H3,19,22,23)/p+1/t9-,10-,13-,17-/m0/s1. The molecule has 14 heteroatoms. The SMILES string of the molecule is NC1=N[C@@H](CN2C(=O)CCC2=O)[C@@H]2[NH+]=C(N)N[C@]23N1C[C@H](OC(=O)N1CCCC1)C3(O)O. The summed E-state index contributed by atoms with van der Waals surface area (Å²) in [5, 5.41) is 25.5. The van der Waals surface area contributed by atoms with Crippen LogP contribution in [0.5, 0.6) is 0 Å². The molecule has 5 rings (SSSR count). The zero-order chi connectivity index (χ0) is 22.8. The third kappa shape index (κ3) is 2.75. The molecule has 0 aromatic carbocycles. The van der Waals surface area contributed by atoms with Gasteiger partial charge < -0.3 is 25.6 Å². The highest BCUT2D eigenvalue weighted by Gasteiger charge is 2.77. The van der Waals surface area contributed by atoms with E-state index in [1.807, 2.05) is 0 Å². The normalized spacial score (nSPS) is 35.4. The molecule has 8 N–H and O–H groups in total. The van der Waals surface area contributed by atoms with Crippen molar-refractivity contribution in [2.75, 3.05) is 26.2 Å². The zero-order valence-corrected chi connectivity index (χ0v) is 17.4. The van der Waals surface area contributed by atoms with E-state index in [1.54, 1.807) is 0 Å². The number of hydrogen-bond acceptors (Lipinski definition) is 11. The molecule has 0 bridgehead atoms. The van der Waals surface area contributed by atoms with Gasteiger partial charge in [-0.15, -0.1) is 0 Å². The van der Waals surface area contributed by atoms with Gasteiger partial charge in [0.15, 0.2) is 18.1 Å². The molecule has 3 amide bonds. The monoisotopic (exact) mass is 451 g/mol. The third-order valence-electron chi connectivity index (χ3n) is 6.96. The molecule has 0 saturated carbocycles. The number of carbonyl (C=O) groups is 3. The number of carbonyl (C=O) groups excluding carboxylic acids is 3. The van der Waals surface area contributed by atoms with Gasteiger partial charge in [0.05, 0.1) is 13.1 Å². The Morgan fingerprint density at radius 3 is 2.53 bits per heavy atom. The molecule has 0 aliphatic carbocycles. The number of nitrogens with two attached hydrogens (primary N) is 2. The Balaban J connectivity index is 1.46. The fourth-order valence-electron chi connectivity index (χ4n) is 5.37. The number of imide groups is 1. The van der Waals surface area contributed by atoms with Gasteiger partial charge in [0.2, 0.25) is 11.8 Å². The number of nitrogens with zero attached hydrogens (tertiary/aromatic N) is 4. The van der Waals surface area contributed by atoms with Gasteiger partial charge in [0.1, 0.15) is 6.04 Å². The summed E-state index contributed by atoms with van der Waals surface area (Å²) < 4.78 is 5.49. The lowest BCUT2D eigenvalue weighted by Gasteiger charge is -2.46. The van der Waals surface area contributed by atoms with Crippen LogP contribution in [0.15, 0.2) is 4.99 Å². The minimum Gasteiger partial charge on any atom is -0.438 e. The fraction of sp³-hybridized carbons (Fsp3) is 0.722. The lowest BCUT2D eigenvalue weighted by atomic mass is 9.85. The van der Waals surface area contributed by atoms with Gasteiger partial charge in [-0.25, -0.2) is 15.1 Å². The Kier molecular flexibility index (Phi) is 4.50. The van der Waals surface area contributed by atoms with Crippen LogP contribution in [-0.4, -0.2) is 111 Å². The second-order valence-corrected chi connectivity index (χ2v) is 8.78. The maximum Gasteiger partial charge on any atom is 0.410 e. The van der Waals surface area contributed by atoms with E-state index in [-0.39, 0.29) is 49.7 Å². The third-order valence-corrected chi connectivity index (χ3v) is 6.96. The van der Waals surface area contributed by atoms with E-state index >= 15 is 0 Å². The van der Waals surface area contributed by atoms with E-state index in [1.165, 1.54) is 9.80 Å². The Bertz CT molecular complexity index is 914. The molecule has 0 unspecified atom stereocenters. The summed E-state index contributed by atoms with van der Waals surface area (Å²) in [5.41, 5.74) is 10.4. The largest absolute Gasteiger partial charge is 0.438 e. The topological polar surface area (TPSA) is 201 Å². The number of rotatable bonds is 3. The molecule has 3 saturated heterocycles. The second-order valence-electron chi connectivity index (χ2n) is 8.78. The number of guanidine groups is 2. The summed E-state index contributed by atoms with van der Waals surface area (Å²) in [7, 11) is 0. The number of aliphatic imine (C=N–C) groups is 1. The van der Waals surface area contributed by atoms with Gasteiger partial charge in [-0.2, -0.15) is 0 Å². The summed E-state index contributed by atoms with van der Waals surface area (Å²) in [6.07, 6.45) is -0.0613. The van der Waals surface area contributed by atoms with Gasteiger partial charge in [-0.1, -0.05) is 0 Å². The van der Waals surface area contributed by atoms with E-state index in [0.29, 0.717) is 13.1 Å². The van der Waals surface area contributed by atoms with Gasteiger partial charge >= 0.3 is 12.1 Å². The average Bonchev–Trinajstić information content (AvgIpc) is 3.48. The van der Waals surface area contributed by atoms with Crippen LogP contribution < -0.4 is 21.8 Å². The highest BCUT2D eigenvalue weighted by atomic mass is 16.6. The van der Waals surface area contributed by atoms with Crippen LogP contribution in [0.1, 0.15) is 25.7 Å². The molecule has 0 aromatic rings. The molecule has 32 heavy (non-hydrogen) atoms. The first-order chi connectivity index (χ1) is 15.1. The van der Waals surface area contributed by atoms with Crippen LogP contribution >= 0.6 is 0 Å². The lowest BCUT2D eigenvalue weighted by molar-refractivity contribution is -0.522. The molecule has 0 aromatic heterocycles. The van der Waals surface area contributed by atoms with E-state index in [2.05, 4.69) is 15.3 Å². The molecule has 5 aliphatic heterocycles. The molecule has 174 valence electrons. The van der Waals surface area contributed by atoms with Gasteiger partial charge in [-0.05, 0) is 12.8 Å². The van der Waals surface area contributed by atoms with Crippen molar-refractivity contribution in [3.8, 4) is 0 Å². The first kappa shape index (κ1) is 20.8. The second kappa shape index (κ2) is 6.93. The average molecular weight is 451 g/mol. The van der Waals surface area contributed by atoms with Crippen LogP contribution in [0, 0.1) is 0 Å². The Labute approximate surface area is 182 Å². The van der Waals surface area contributed by atoms with Gasteiger partial charge in [-0.3, -0.25) is 30.1 Å². The molecule has 5 aliphatic rings. The first-order valence-electron chi connectivity index (χ1n) is 10.7. The zero-order valence-electron chi connectivity index (χ0n) is 17.4. The molecule has 14 nitrogen and oxygen atoms in total. The fourth-order valence-corrected chi connectivity index (χ4v) is 5.37. The van der Waals surface area contributed by atoms with Crippen LogP contribution in [0.4, 0.5) is 4.79 Å². The predicted molar refractivity (Wildman–Crippen MR) is 106 cm³/mol. The van der Waals surface area contributed by atoms with E-state index in [4.69, 9.17) is 16.2 Å². The Morgan fingerprint density at radius 2 is 1.88 bits per heavy atom. The van der Waals surface area contributed by atoms with Crippen molar-refractivity contribution in [2.24, 2.45) is 16.5 Å². The summed E-state index contributed by atoms with van der Waals surface area (Å²) in [5.74, 6) is -3.30. The molecule has 1 spiro atoms. The van der Waals surface area contributed by atoms with E-state index in [0.717, 1.165) is 17.7 Å². The van der Waals surface area contributed by atoms with Crippen molar-refractivity contribution in [2.45, 2.75) is 55.3 Å². The number of aliphatic hydroxyl groups is 2. The van der Waals surface area contributed by atoms with Crippen LogP contribution in [0.3, 0.4) is 0 Å². The summed E-state index contributed by atoms with van der Waals surface area (Å²) in [6.45, 7) is 0.831. The smallest absolute Gasteiger partial charge is 0.410 e. The summed E-state index contributed by atoms with van der Waals surface area (Å²) >= 11 is 0. The van der Waals surface area contributed by atoms with Gasteiger partial charge in [0.25, 0.3) is 11.4 Å². The van der Waals surface area contributed by atoms with E-state index < -0.39 is 35.7 Å². The summed E-state index contributed by atoms with van der Waals surface area (Å²) in [6, 6.07) is -1.71. The van der Waals surface area contributed by atoms with Crippen molar-refractivity contribution in [1.82, 2.24) is 20.0 Å². The Hall–Kier alpha value is -3.13. The Morgan fingerprint density at radius 1 is 1.22 bits per heavy atom. The molecular weight excluding hydrogens is 424 g/mol. The summed E-state index contributed by atoms with van der Waals surface area (Å²) in [4.78, 5) is 48.2. The molecule has 5 heterocycles. The number of ether oxygens (including phenoxy) is 1. The maximum absolute atomic E-state index is 12.6. The maximum atomic E-state index is 12.6. The lowest BCUT2D eigenvalue weighted by Crippen LogP contribution is -2.90. The first-order valence-corrected chi connectivity index (χ1v) is 10.7. The van der Waals surface area contributed by atoms with Gasteiger partial charge in [0, 0.05) is 25.9 Å². The molecular formula is C18H27N8O6+. The predicted octanol–water partition coefficient (Wildman–Crippen LogP) is -5.51. The van der Waals surface area contributed by atoms with Crippen molar-refractivity contribution in [1.29, 1.82) is 0 Å². The van der Waals surface area contributed by atoms with Crippen LogP contribution in [-0.2, 0) is 14.3 Å². The minimum atomic E-state index is -2.63. The highest BCUT2D eigenvalue weighted by Crippen LogP contribution is 2.42. The number of nitrogens with one attached hydrogen (secondary N) is 2. The van der Waals surface area contributed by atoms with Crippen molar-refractivity contribution < 1.29 is 34.3 Å². The van der Waals surface area contributed by atoms with Crippen molar-refractivity contribution in [3.05, 3.63) is 0 Å². The molecule has 3 fully saturated rings. The molecule has 0 radical (unpaired) electrons. The van der Waals surface area contributed by atoms with Crippen LogP contribution in [0.25, 0.3) is 0 Å². The highest BCUT2D eigenvalue weighted by molar-refractivity contribution is 6.02. The minimum absolute atomic E-state index is 0.0352. The van der Waals surface area contributed by atoms with E-state index in [9.17, 15) is 24.6 Å². The van der Waals surface area contributed by atoms with Crippen molar-refractivity contribution >= 4 is 29.8 Å². The molecule has 4 atom stereocenters. The number of amides is 3. The van der Waals surface area contributed by atoms with Crippen LogP contribution in [0.2, 0.25) is 0 Å². The quantitative estimate of drug-likeness (QED) is 0.177. The van der Waals surface area contributed by atoms with Crippen molar-refractivity contribution in [3.63, 3.8) is 0 Å². The number of likely N-dealkylation sites (tertiary alicyclic amines) is 2.